The van der Waals surface area contributed by atoms with Gasteiger partial charge in [0.25, 0.3) is 5.91 Å². The highest BCUT2D eigenvalue weighted by Crippen LogP contribution is 2.38. The summed E-state index contributed by atoms with van der Waals surface area (Å²) in [5.41, 5.74) is 4.66. The van der Waals surface area contributed by atoms with Crippen LogP contribution < -0.4 is 4.90 Å². The number of anilines is 1. The first-order chi connectivity index (χ1) is 12.5. The van der Waals surface area contributed by atoms with Gasteiger partial charge in [0.05, 0.1) is 5.56 Å². The third kappa shape index (κ3) is 2.81. The zero-order chi connectivity index (χ0) is 18.4. The van der Waals surface area contributed by atoms with Crippen LogP contribution in [0.1, 0.15) is 53.1 Å². The van der Waals surface area contributed by atoms with E-state index in [0.717, 1.165) is 41.9 Å². The van der Waals surface area contributed by atoms with Crippen LogP contribution in [0.25, 0.3) is 0 Å². The molecule has 0 saturated heterocycles. The van der Waals surface area contributed by atoms with Gasteiger partial charge in [-0.05, 0) is 57.7 Å². The predicted octanol–water partition coefficient (Wildman–Crippen LogP) is 3.57. The topological polar surface area (TPSA) is 51.5 Å². The van der Waals surface area contributed by atoms with Gasteiger partial charge in [0.1, 0.15) is 0 Å². The van der Waals surface area contributed by atoms with Crippen molar-refractivity contribution in [1.82, 2.24) is 4.57 Å². The van der Waals surface area contributed by atoms with Gasteiger partial charge < -0.3 is 14.2 Å². The molecule has 4 rings (SSSR count). The molecule has 2 aromatic rings. The summed E-state index contributed by atoms with van der Waals surface area (Å²) in [6.45, 7) is 5.74. The molecule has 5 nitrogen and oxygen atoms in total. The SMILES string of the molecule is Cc1cc(C(=O)OCC(=O)N2c3ccccc3C[C@H]2C)c(C)n1C1CC1. The molecule has 26 heavy (non-hydrogen) atoms. The van der Waals surface area contributed by atoms with Crippen LogP contribution in [-0.4, -0.2) is 29.1 Å². The second-order valence-corrected chi connectivity index (χ2v) is 7.41. The van der Waals surface area contributed by atoms with Crippen LogP contribution in [0.15, 0.2) is 30.3 Å². The molecule has 1 amide bonds. The Balaban J connectivity index is 1.45. The highest BCUT2D eigenvalue weighted by molar-refractivity contribution is 5.99. The minimum Gasteiger partial charge on any atom is -0.452 e. The zero-order valence-electron chi connectivity index (χ0n) is 15.5. The summed E-state index contributed by atoms with van der Waals surface area (Å²) >= 11 is 0. The number of hydrogen-bond donors (Lipinski definition) is 0. The molecule has 1 aliphatic heterocycles. The number of ether oxygens (including phenoxy) is 1. The second-order valence-electron chi connectivity index (χ2n) is 7.41. The highest BCUT2D eigenvalue weighted by atomic mass is 16.5. The Morgan fingerprint density at radius 1 is 1.19 bits per heavy atom. The lowest BCUT2D eigenvalue weighted by Gasteiger charge is -2.22. The molecule has 1 saturated carbocycles. The van der Waals surface area contributed by atoms with Crippen LogP contribution in [0.5, 0.6) is 0 Å². The fourth-order valence-electron chi connectivity index (χ4n) is 4.10. The van der Waals surface area contributed by atoms with Gasteiger partial charge in [-0.2, -0.15) is 0 Å². The first-order valence-corrected chi connectivity index (χ1v) is 9.23. The second kappa shape index (κ2) is 6.31. The molecule has 1 aliphatic carbocycles. The summed E-state index contributed by atoms with van der Waals surface area (Å²) in [5.74, 6) is -0.592. The maximum atomic E-state index is 12.7. The molecule has 5 heteroatoms. The molecule has 0 N–H and O–H groups in total. The average Bonchev–Trinajstić information content (AvgIpc) is 3.31. The molecule has 2 heterocycles. The maximum Gasteiger partial charge on any atom is 0.340 e. The van der Waals surface area contributed by atoms with Crippen LogP contribution in [0.3, 0.4) is 0 Å². The van der Waals surface area contributed by atoms with Gasteiger partial charge >= 0.3 is 5.97 Å². The zero-order valence-corrected chi connectivity index (χ0v) is 15.5. The molecule has 0 bridgehead atoms. The lowest BCUT2D eigenvalue weighted by atomic mass is 10.1. The van der Waals surface area contributed by atoms with Crippen LogP contribution in [-0.2, 0) is 16.0 Å². The number of aromatic nitrogens is 1. The predicted molar refractivity (Wildman–Crippen MR) is 99.6 cm³/mol. The van der Waals surface area contributed by atoms with Gasteiger partial charge in [0.2, 0.25) is 0 Å². The summed E-state index contributed by atoms with van der Waals surface area (Å²) in [4.78, 5) is 26.9. The lowest BCUT2D eigenvalue weighted by Crippen LogP contribution is -2.38. The van der Waals surface area contributed by atoms with Gasteiger partial charge in [0, 0.05) is 29.2 Å². The first kappa shape index (κ1) is 16.9. The molecule has 0 spiro atoms. The fraction of sp³-hybridized carbons (Fsp3) is 0.429. The van der Waals surface area contributed by atoms with E-state index in [2.05, 4.69) is 4.57 Å². The number of benzene rings is 1. The van der Waals surface area contributed by atoms with E-state index in [1.807, 2.05) is 51.1 Å². The number of carbonyl (C=O) groups excluding carboxylic acids is 2. The molecular weight excluding hydrogens is 328 g/mol. The highest BCUT2D eigenvalue weighted by Gasteiger charge is 2.32. The number of carbonyl (C=O) groups is 2. The Morgan fingerprint density at radius 3 is 2.65 bits per heavy atom. The number of aryl methyl sites for hydroxylation is 1. The van der Waals surface area contributed by atoms with Crippen molar-refractivity contribution in [2.45, 2.75) is 52.1 Å². The van der Waals surface area contributed by atoms with E-state index >= 15 is 0 Å². The van der Waals surface area contributed by atoms with E-state index in [9.17, 15) is 9.59 Å². The van der Waals surface area contributed by atoms with Crippen molar-refractivity contribution in [2.24, 2.45) is 0 Å². The molecule has 1 aromatic heterocycles. The van der Waals surface area contributed by atoms with Crippen molar-refractivity contribution in [3.63, 3.8) is 0 Å². The Hall–Kier alpha value is -2.56. The van der Waals surface area contributed by atoms with Crippen LogP contribution >= 0.6 is 0 Å². The molecule has 1 fully saturated rings. The normalized spacial score (nSPS) is 18.7. The summed E-state index contributed by atoms with van der Waals surface area (Å²) < 4.78 is 7.58. The fourth-order valence-corrected chi connectivity index (χ4v) is 4.10. The Kier molecular flexibility index (Phi) is 4.10. The number of hydrogen-bond acceptors (Lipinski definition) is 3. The smallest absolute Gasteiger partial charge is 0.340 e. The summed E-state index contributed by atoms with van der Waals surface area (Å²) in [7, 11) is 0. The molecule has 2 aliphatic rings. The molecule has 136 valence electrons. The van der Waals surface area contributed by atoms with E-state index in [-0.39, 0.29) is 18.6 Å². The number of amides is 1. The summed E-state index contributed by atoms with van der Waals surface area (Å²) in [6.07, 6.45) is 3.16. The summed E-state index contributed by atoms with van der Waals surface area (Å²) in [6, 6.07) is 10.4. The third-order valence-electron chi connectivity index (χ3n) is 5.42. The monoisotopic (exact) mass is 352 g/mol. The van der Waals surface area contributed by atoms with E-state index in [1.54, 1.807) is 4.90 Å². The van der Waals surface area contributed by atoms with Gasteiger partial charge in [-0.3, -0.25) is 4.79 Å². The Labute approximate surface area is 153 Å². The van der Waals surface area contributed by atoms with E-state index in [0.29, 0.717) is 11.6 Å². The van der Waals surface area contributed by atoms with Gasteiger partial charge in [-0.25, -0.2) is 4.79 Å². The van der Waals surface area contributed by atoms with Crippen LogP contribution in [0, 0.1) is 13.8 Å². The average molecular weight is 352 g/mol. The largest absolute Gasteiger partial charge is 0.452 e. The van der Waals surface area contributed by atoms with Crippen molar-refractivity contribution in [3.8, 4) is 0 Å². The van der Waals surface area contributed by atoms with Crippen molar-refractivity contribution in [2.75, 3.05) is 11.5 Å². The molecule has 1 aromatic carbocycles. The van der Waals surface area contributed by atoms with Crippen LogP contribution in [0.2, 0.25) is 0 Å². The lowest BCUT2D eigenvalue weighted by molar-refractivity contribution is -0.122. The molecule has 1 atom stereocenters. The van der Waals surface area contributed by atoms with Crippen molar-refractivity contribution >= 4 is 17.6 Å². The third-order valence-corrected chi connectivity index (χ3v) is 5.42. The van der Waals surface area contributed by atoms with E-state index in [1.165, 1.54) is 0 Å². The standard InChI is InChI=1S/C21H24N2O3/c1-13-10-16-6-4-5-7-19(16)23(13)20(24)12-26-21(25)18-11-14(2)22(15(18)3)17-8-9-17/h4-7,11,13,17H,8-10,12H2,1-3H3/t13-/m1/s1. The Morgan fingerprint density at radius 2 is 1.92 bits per heavy atom. The Bertz CT molecular complexity index is 879. The quantitative estimate of drug-likeness (QED) is 0.791. The van der Waals surface area contributed by atoms with Crippen molar-refractivity contribution < 1.29 is 14.3 Å². The van der Waals surface area contributed by atoms with Crippen LogP contribution in [0.4, 0.5) is 5.69 Å². The number of esters is 1. The molecular formula is C21H24N2O3. The molecule has 0 unspecified atom stereocenters. The number of para-hydroxylation sites is 1. The van der Waals surface area contributed by atoms with Gasteiger partial charge in [0.15, 0.2) is 6.61 Å². The minimum atomic E-state index is -0.418. The number of rotatable bonds is 4. The number of fused-ring (bicyclic) bond motifs is 1. The molecule has 0 radical (unpaired) electrons. The number of nitrogens with zero attached hydrogens (tertiary/aromatic N) is 2. The van der Waals surface area contributed by atoms with E-state index < -0.39 is 5.97 Å². The minimum absolute atomic E-state index is 0.0820. The van der Waals surface area contributed by atoms with Gasteiger partial charge in [-0.1, -0.05) is 18.2 Å². The summed E-state index contributed by atoms with van der Waals surface area (Å²) in [5, 5.41) is 0. The van der Waals surface area contributed by atoms with Gasteiger partial charge in [-0.15, -0.1) is 0 Å². The maximum absolute atomic E-state index is 12.7. The van der Waals surface area contributed by atoms with Crippen molar-refractivity contribution in [1.29, 1.82) is 0 Å². The first-order valence-electron chi connectivity index (χ1n) is 9.23. The van der Waals surface area contributed by atoms with E-state index in [4.69, 9.17) is 4.74 Å². The van der Waals surface area contributed by atoms with Crippen molar-refractivity contribution in [3.05, 3.63) is 52.8 Å².